The van der Waals surface area contributed by atoms with E-state index in [1.807, 2.05) is 30.3 Å². The minimum atomic E-state index is -0.223. The molecule has 1 unspecified atom stereocenters. The summed E-state index contributed by atoms with van der Waals surface area (Å²) >= 11 is 0. The Kier molecular flexibility index (Phi) is 6.44. The average Bonchev–Trinajstić information content (AvgIpc) is 3.31. The van der Waals surface area contributed by atoms with Gasteiger partial charge >= 0.3 is 0 Å². The van der Waals surface area contributed by atoms with Crippen LogP contribution < -0.4 is 18.9 Å². The molecule has 32 heavy (non-hydrogen) atoms. The summed E-state index contributed by atoms with van der Waals surface area (Å²) in [6.45, 7) is 0.820. The largest absolute Gasteiger partial charge is 0.493 e. The fourth-order valence-electron chi connectivity index (χ4n) is 3.41. The molecule has 0 spiro atoms. The van der Waals surface area contributed by atoms with Crippen molar-refractivity contribution in [3.63, 3.8) is 0 Å². The number of amides is 1. The number of rotatable bonds is 8. The van der Waals surface area contributed by atoms with Crippen LogP contribution in [0, 0.1) is 0 Å². The van der Waals surface area contributed by atoms with Crippen LogP contribution in [-0.4, -0.2) is 61.5 Å². The van der Waals surface area contributed by atoms with E-state index in [1.54, 1.807) is 38.3 Å². The second kappa shape index (κ2) is 9.59. The molecule has 0 fully saturated rings. The summed E-state index contributed by atoms with van der Waals surface area (Å²) in [6.07, 6.45) is 0.363. The topological polar surface area (TPSA) is 96.2 Å². The summed E-state index contributed by atoms with van der Waals surface area (Å²) in [4.78, 5) is 18.6. The molecule has 0 bridgehead atoms. The molecule has 1 aromatic heterocycles. The van der Waals surface area contributed by atoms with E-state index in [1.165, 1.54) is 0 Å². The number of aromatic nitrogens is 2. The number of nitrogens with zero attached hydrogens (tertiary/aromatic N) is 3. The second-order valence-corrected chi connectivity index (χ2v) is 7.35. The normalized spacial score (nSPS) is 14.7. The highest BCUT2D eigenvalue weighted by Gasteiger charge is 2.24. The minimum absolute atomic E-state index is 0.0432. The number of fused-ring (bicyclic) bond motifs is 1. The number of likely N-dealkylation sites (N-methyl/N-ethyl adjacent to an activating group) is 1. The number of benzene rings is 2. The highest BCUT2D eigenvalue weighted by Crippen LogP contribution is 2.32. The standard InChI is InChI=1S/C23H25N3O6/c1-26(13-16-14-30-18-6-4-5-7-19(18)31-16)22(27)11-10-21-24-23(25-32-21)15-8-9-17(28-2)20(12-15)29-3/h4-9,12,16H,10-11,13-14H2,1-3H3. The first-order chi connectivity index (χ1) is 15.6. The highest BCUT2D eigenvalue weighted by atomic mass is 16.6. The Hall–Kier alpha value is -3.75. The summed E-state index contributed by atoms with van der Waals surface area (Å²) in [5, 5.41) is 4.01. The summed E-state index contributed by atoms with van der Waals surface area (Å²) in [6, 6.07) is 12.9. The van der Waals surface area contributed by atoms with E-state index in [9.17, 15) is 4.79 Å². The third kappa shape index (κ3) is 4.77. The van der Waals surface area contributed by atoms with Crippen molar-refractivity contribution >= 4 is 5.91 Å². The van der Waals surface area contributed by atoms with E-state index in [-0.39, 0.29) is 18.4 Å². The van der Waals surface area contributed by atoms with Crippen LogP contribution in [0.1, 0.15) is 12.3 Å². The van der Waals surface area contributed by atoms with Gasteiger partial charge in [0.15, 0.2) is 29.1 Å². The zero-order valence-corrected chi connectivity index (χ0v) is 18.2. The van der Waals surface area contributed by atoms with Gasteiger partial charge in [-0.3, -0.25) is 4.79 Å². The molecule has 0 radical (unpaired) electrons. The number of ether oxygens (including phenoxy) is 4. The van der Waals surface area contributed by atoms with Gasteiger partial charge in [0.1, 0.15) is 6.61 Å². The Balaban J connectivity index is 1.30. The van der Waals surface area contributed by atoms with Gasteiger partial charge in [-0.1, -0.05) is 17.3 Å². The van der Waals surface area contributed by atoms with Crippen molar-refractivity contribution in [1.82, 2.24) is 15.0 Å². The van der Waals surface area contributed by atoms with Crippen LogP contribution in [0.3, 0.4) is 0 Å². The number of carbonyl (C=O) groups excluding carboxylic acids is 1. The predicted octanol–water partition coefficient (Wildman–Crippen LogP) is 2.98. The molecule has 168 valence electrons. The maximum absolute atomic E-state index is 12.6. The number of hydrogen-bond donors (Lipinski definition) is 0. The van der Waals surface area contributed by atoms with Gasteiger partial charge in [0, 0.05) is 25.5 Å². The van der Waals surface area contributed by atoms with Crippen molar-refractivity contribution in [2.75, 3.05) is 34.4 Å². The molecule has 1 aliphatic rings. The van der Waals surface area contributed by atoms with Crippen LogP contribution in [0.25, 0.3) is 11.4 Å². The lowest BCUT2D eigenvalue weighted by atomic mass is 10.2. The quantitative estimate of drug-likeness (QED) is 0.529. The monoisotopic (exact) mass is 439 g/mol. The lowest BCUT2D eigenvalue weighted by Crippen LogP contribution is -2.41. The van der Waals surface area contributed by atoms with Crippen LogP contribution in [0.4, 0.5) is 0 Å². The van der Waals surface area contributed by atoms with Gasteiger partial charge in [-0.15, -0.1) is 0 Å². The summed E-state index contributed by atoms with van der Waals surface area (Å²) in [5.74, 6) is 3.38. The van der Waals surface area contributed by atoms with Gasteiger partial charge in [0.2, 0.25) is 17.6 Å². The zero-order valence-electron chi connectivity index (χ0n) is 18.2. The minimum Gasteiger partial charge on any atom is -0.493 e. The first kappa shape index (κ1) is 21.5. The van der Waals surface area contributed by atoms with Crippen molar-refractivity contribution in [1.29, 1.82) is 0 Å². The Labute approximate surface area is 185 Å². The van der Waals surface area contributed by atoms with Crippen LogP contribution in [0.2, 0.25) is 0 Å². The van der Waals surface area contributed by atoms with Crippen molar-refractivity contribution in [2.24, 2.45) is 0 Å². The van der Waals surface area contributed by atoms with Crippen molar-refractivity contribution in [3.05, 3.63) is 48.4 Å². The highest BCUT2D eigenvalue weighted by molar-refractivity contribution is 5.76. The number of methoxy groups -OCH3 is 2. The molecule has 0 saturated heterocycles. The van der Waals surface area contributed by atoms with Gasteiger partial charge in [0.05, 0.1) is 20.8 Å². The summed E-state index contributed by atoms with van der Waals surface area (Å²) < 4.78 is 27.5. The first-order valence-electron chi connectivity index (χ1n) is 10.2. The molecule has 3 aromatic rings. The molecule has 0 saturated carbocycles. The molecule has 0 N–H and O–H groups in total. The summed E-state index contributed by atoms with van der Waals surface area (Å²) in [7, 11) is 4.88. The molecule has 1 atom stereocenters. The SMILES string of the molecule is COc1ccc(-c2noc(CCC(=O)N(C)CC3COc4ccccc4O3)n2)cc1OC. The van der Waals surface area contributed by atoms with E-state index in [0.29, 0.717) is 48.5 Å². The van der Waals surface area contributed by atoms with Crippen molar-refractivity contribution < 1.29 is 28.3 Å². The fraction of sp³-hybridized carbons (Fsp3) is 0.348. The third-order valence-electron chi connectivity index (χ3n) is 5.13. The number of hydrogen-bond acceptors (Lipinski definition) is 8. The number of para-hydroxylation sites is 2. The average molecular weight is 439 g/mol. The Morgan fingerprint density at radius 1 is 1.12 bits per heavy atom. The lowest BCUT2D eigenvalue weighted by molar-refractivity contribution is -0.131. The van der Waals surface area contributed by atoms with E-state index in [4.69, 9.17) is 23.5 Å². The first-order valence-corrected chi connectivity index (χ1v) is 10.2. The van der Waals surface area contributed by atoms with Gasteiger partial charge < -0.3 is 28.4 Å². The Bertz CT molecular complexity index is 1080. The zero-order chi connectivity index (χ0) is 22.5. The molecule has 9 nitrogen and oxygen atoms in total. The molecule has 1 aliphatic heterocycles. The Morgan fingerprint density at radius 2 is 1.91 bits per heavy atom. The maximum Gasteiger partial charge on any atom is 0.227 e. The molecule has 0 aliphatic carbocycles. The van der Waals surface area contributed by atoms with Crippen LogP contribution >= 0.6 is 0 Å². The second-order valence-electron chi connectivity index (χ2n) is 7.35. The molecule has 1 amide bonds. The van der Waals surface area contributed by atoms with Crippen LogP contribution in [0.5, 0.6) is 23.0 Å². The van der Waals surface area contributed by atoms with E-state index in [0.717, 1.165) is 11.3 Å². The van der Waals surface area contributed by atoms with Crippen LogP contribution in [-0.2, 0) is 11.2 Å². The molecular formula is C23H25N3O6. The molecule has 4 rings (SSSR count). The van der Waals surface area contributed by atoms with Crippen LogP contribution in [0.15, 0.2) is 47.0 Å². The molecular weight excluding hydrogens is 414 g/mol. The van der Waals surface area contributed by atoms with Gasteiger partial charge in [-0.25, -0.2) is 0 Å². The van der Waals surface area contributed by atoms with Gasteiger partial charge in [-0.2, -0.15) is 4.98 Å². The Morgan fingerprint density at radius 3 is 2.69 bits per heavy atom. The van der Waals surface area contributed by atoms with Crippen molar-refractivity contribution in [3.8, 4) is 34.4 Å². The third-order valence-corrected chi connectivity index (χ3v) is 5.13. The number of aryl methyl sites for hydroxylation is 1. The molecule has 2 aromatic carbocycles. The molecule has 9 heteroatoms. The maximum atomic E-state index is 12.6. The van der Waals surface area contributed by atoms with Crippen molar-refractivity contribution in [2.45, 2.75) is 18.9 Å². The lowest BCUT2D eigenvalue weighted by Gasteiger charge is -2.29. The van der Waals surface area contributed by atoms with Gasteiger partial charge in [0.25, 0.3) is 0 Å². The molecule has 2 heterocycles. The summed E-state index contributed by atoms with van der Waals surface area (Å²) in [5.41, 5.74) is 0.732. The predicted molar refractivity (Wildman–Crippen MR) is 115 cm³/mol. The number of carbonyl (C=O) groups is 1. The van der Waals surface area contributed by atoms with E-state index >= 15 is 0 Å². The fourth-order valence-corrected chi connectivity index (χ4v) is 3.41. The van der Waals surface area contributed by atoms with Gasteiger partial charge in [-0.05, 0) is 30.3 Å². The van der Waals surface area contributed by atoms with E-state index in [2.05, 4.69) is 10.1 Å². The smallest absolute Gasteiger partial charge is 0.227 e. The van der Waals surface area contributed by atoms with E-state index < -0.39 is 0 Å².